The molecule has 0 bridgehead atoms. The summed E-state index contributed by atoms with van der Waals surface area (Å²) in [5.74, 6) is -2.05. The first-order valence-electron chi connectivity index (χ1n) is 9.60. The summed E-state index contributed by atoms with van der Waals surface area (Å²) in [5, 5.41) is 5.09. The lowest BCUT2D eigenvalue weighted by atomic mass is 9.88. The van der Waals surface area contributed by atoms with Gasteiger partial charge >= 0.3 is 0 Å². The molecule has 2 heterocycles. The van der Waals surface area contributed by atoms with Crippen molar-refractivity contribution in [2.75, 3.05) is 24.4 Å². The van der Waals surface area contributed by atoms with Crippen LogP contribution in [-0.2, 0) is 21.1 Å². The molecule has 0 atom stereocenters. The van der Waals surface area contributed by atoms with E-state index >= 15 is 4.39 Å². The third-order valence-corrected chi connectivity index (χ3v) is 6.10. The van der Waals surface area contributed by atoms with Gasteiger partial charge in [0.2, 0.25) is 5.91 Å². The predicted molar refractivity (Wildman–Crippen MR) is 107 cm³/mol. The molecule has 2 amide bonds. The van der Waals surface area contributed by atoms with Gasteiger partial charge in [-0.2, -0.15) is 0 Å². The Balaban J connectivity index is 1.98. The first-order chi connectivity index (χ1) is 13.7. The summed E-state index contributed by atoms with van der Waals surface area (Å²) in [5.41, 5.74) is 0.0668. The van der Waals surface area contributed by atoms with E-state index < -0.39 is 21.6 Å². The van der Waals surface area contributed by atoms with Crippen molar-refractivity contribution < 1.29 is 22.4 Å². The molecule has 1 aliphatic carbocycles. The van der Waals surface area contributed by atoms with Crippen LogP contribution in [0.25, 0.3) is 5.65 Å². The number of halogens is 1. The number of carbonyl (C=O) groups is 2. The highest BCUT2D eigenvalue weighted by molar-refractivity contribution is 7.90. The third-order valence-electron chi connectivity index (χ3n) is 5.15. The Kier molecular flexibility index (Phi) is 6.21. The highest BCUT2D eigenvalue weighted by Gasteiger charge is 2.26. The van der Waals surface area contributed by atoms with Crippen molar-refractivity contribution in [2.24, 2.45) is 5.92 Å². The van der Waals surface area contributed by atoms with E-state index in [2.05, 4.69) is 15.6 Å². The quantitative estimate of drug-likeness (QED) is 0.736. The van der Waals surface area contributed by atoms with Crippen LogP contribution in [0.3, 0.4) is 0 Å². The number of hydrogen-bond donors (Lipinski definition) is 2. The molecule has 8 nitrogen and oxygen atoms in total. The minimum atomic E-state index is -3.20. The summed E-state index contributed by atoms with van der Waals surface area (Å²) in [6.45, 7) is 0. The van der Waals surface area contributed by atoms with Crippen molar-refractivity contribution in [3.8, 4) is 0 Å². The lowest BCUT2D eigenvalue weighted by Crippen LogP contribution is -2.28. The summed E-state index contributed by atoms with van der Waals surface area (Å²) >= 11 is 0. The van der Waals surface area contributed by atoms with Crippen LogP contribution in [0.15, 0.2) is 12.4 Å². The predicted octanol–water partition coefficient (Wildman–Crippen LogP) is 1.94. The number of nitrogens with zero attached hydrogens (tertiary/aromatic N) is 2. The molecule has 2 aromatic heterocycles. The van der Waals surface area contributed by atoms with Crippen LogP contribution in [-0.4, -0.2) is 48.7 Å². The highest BCUT2D eigenvalue weighted by atomic mass is 32.2. The maximum Gasteiger partial charge on any atom is 0.256 e. The third kappa shape index (κ3) is 4.92. The summed E-state index contributed by atoms with van der Waals surface area (Å²) in [6.07, 6.45) is 8.77. The van der Waals surface area contributed by atoms with Crippen molar-refractivity contribution >= 4 is 33.0 Å². The second kappa shape index (κ2) is 8.48. The van der Waals surface area contributed by atoms with Crippen LogP contribution in [0.2, 0.25) is 0 Å². The van der Waals surface area contributed by atoms with Crippen LogP contribution >= 0.6 is 0 Å². The zero-order valence-corrected chi connectivity index (χ0v) is 17.3. The van der Waals surface area contributed by atoms with Crippen molar-refractivity contribution in [3.05, 3.63) is 29.5 Å². The second-order valence-electron chi connectivity index (χ2n) is 7.48. The smallest absolute Gasteiger partial charge is 0.256 e. The molecular weight excluding hydrogens is 399 g/mol. The Morgan fingerprint density at radius 3 is 2.55 bits per heavy atom. The first kappa shape index (κ1) is 21.2. The summed E-state index contributed by atoms with van der Waals surface area (Å²) in [7, 11) is -1.82. The van der Waals surface area contributed by atoms with Gasteiger partial charge in [0, 0.05) is 38.0 Å². The molecule has 10 heteroatoms. The summed E-state index contributed by atoms with van der Waals surface area (Å²) in [4.78, 5) is 29.1. The van der Waals surface area contributed by atoms with Gasteiger partial charge in [-0.15, -0.1) is 0 Å². The molecule has 2 N–H and O–H groups in total. The maximum atomic E-state index is 15.1. The van der Waals surface area contributed by atoms with E-state index in [-0.39, 0.29) is 40.9 Å². The van der Waals surface area contributed by atoms with Gasteiger partial charge < -0.3 is 15.0 Å². The van der Waals surface area contributed by atoms with Crippen molar-refractivity contribution in [1.82, 2.24) is 14.7 Å². The Labute approximate surface area is 168 Å². The zero-order chi connectivity index (χ0) is 21.2. The van der Waals surface area contributed by atoms with Crippen LogP contribution < -0.4 is 10.6 Å². The molecule has 1 aliphatic rings. The van der Waals surface area contributed by atoms with E-state index in [0.717, 1.165) is 38.4 Å². The topological polar surface area (TPSA) is 110 Å². The number of pyridine rings is 1. The number of aromatic nitrogens is 2. The van der Waals surface area contributed by atoms with Gasteiger partial charge in [0.1, 0.15) is 15.4 Å². The number of fused-ring (bicyclic) bond motifs is 1. The fourth-order valence-electron chi connectivity index (χ4n) is 3.59. The van der Waals surface area contributed by atoms with Crippen LogP contribution in [0.4, 0.5) is 10.1 Å². The van der Waals surface area contributed by atoms with Gasteiger partial charge in [-0.3, -0.25) is 9.59 Å². The van der Waals surface area contributed by atoms with E-state index in [4.69, 9.17) is 0 Å². The van der Waals surface area contributed by atoms with Crippen molar-refractivity contribution in [3.63, 3.8) is 0 Å². The number of anilines is 1. The molecule has 3 rings (SSSR count). The fourth-order valence-corrected chi connectivity index (χ4v) is 4.17. The standard InChI is InChI=1S/C19H25FN4O4S/c1-21-19(26)15-14(23-18(25)12-6-4-3-5-7-12)11-24-10-13(8-9-29(2,27)28)22-17(24)16(15)20/h10-12H,3-9H2,1-2H3,(H,21,26)(H,23,25). The molecule has 0 saturated heterocycles. The van der Waals surface area contributed by atoms with Crippen molar-refractivity contribution in [1.29, 1.82) is 0 Å². The normalized spacial score (nSPS) is 15.4. The van der Waals surface area contributed by atoms with Gasteiger partial charge in [0.15, 0.2) is 11.5 Å². The maximum absolute atomic E-state index is 15.1. The first-order valence-corrected chi connectivity index (χ1v) is 11.7. The monoisotopic (exact) mass is 424 g/mol. The van der Waals surface area contributed by atoms with Gasteiger partial charge in [0.05, 0.1) is 17.1 Å². The molecule has 0 radical (unpaired) electrons. The number of rotatable bonds is 6. The Bertz CT molecular complexity index is 1040. The van der Waals surface area contributed by atoms with E-state index in [1.807, 2.05) is 0 Å². The largest absolute Gasteiger partial charge is 0.355 e. The molecule has 0 unspecified atom stereocenters. The van der Waals surface area contributed by atoms with Gasteiger partial charge in [-0.05, 0) is 12.8 Å². The highest BCUT2D eigenvalue weighted by Crippen LogP contribution is 2.28. The second-order valence-corrected chi connectivity index (χ2v) is 9.74. The minimum absolute atomic E-state index is 0.0667. The molecule has 0 aliphatic heterocycles. The molecule has 0 spiro atoms. The fraction of sp³-hybridized carbons (Fsp3) is 0.526. The Morgan fingerprint density at radius 2 is 1.93 bits per heavy atom. The van der Waals surface area contributed by atoms with Crippen molar-refractivity contribution in [2.45, 2.75) is 38.5 Å². The average Bonchev–Trinajstić information content (AvgIpc) is 3.09. The molecular formula is C19H25FN4O4S. The summed E-state index contributed by atoms with van der Waals surface area (Å²) < 4.78 is 39.3. The van der Waals surface area contributed by atoms with E-state index in [9.17, 15) is 18.0 Å². The minimum Gasteiger partial charge on any atom is -0.355 e. The lowest BCUT2D eigenvalue weighted by molar-refractivity contribution is -0.120. The van der Waals surface area contributed by atoms with E-state index in [1.165, 1.54) is 23.8 Å². The van der Waals surface area contributed by atoms with E-state index in [0.29, 0.717) is 5.69 Å². The average molecular weight is 424 g/mol. The number of aryl methyl sites for hydroxylation is 1. The van der Waals surface area contributed by atoms with Crippen LogP contribution in [0.5, 0.6) is 0 Å². The number of nitrogens with one attached hydrogen (secondary N) is 2. The molecule has 1 fully saturated rings. The molecule has 0 aromatic carbocycles. The molecule has 2 aromatic rings. The molecule has 29 heavy (non-hydrogen) atoms. The Morgan fingerprint density at radius 1 is 1.24 bits per heavy atom. The van der Waals surface area contributed by atoms with Crippen LogP contribution in [0.1, 0.15) is 48.2 Å². The summed E-state index contributed by atoms with van der Waals surface area (Å²) in [6, 6.07) is 0. The van der Waals surface area contributed by atoms with Crippen LogP contribution in [0, 0.1) is 11.7 Å². The number of imidazole rings is 1. The zero-order valence-electron chi connectivity index (χ0n) is 16.5. The molecule has 158 valence electrons. The molecule has 1 saturated carbocycles. The number of hydrogen-bond acceptors (Lipinski definition) is 5. The Hall–Kier alpha value is -2.49. The SMILES string of the molecule is CNC(=O)c1c(NC(=O)C2CCCCC2)cn2cc(CCS(C)(=O)=O)nc2c1F. The van der Waals surface area contributed by atoms with Gasteiger partial charge in [0.25, 0.3) is 5.91 Å². The van der Waals surface area contributed by atoms with E-state index in [1.54, 1.807) is 0 Å². The van der Waals surface area contributed by atoms with Gasteiger partial charge in [-0.25, -0.2) is 17.8 Å². The number of sulfone groups is 1. The lowest BCUT2D eigenvalue weighted by Gasteiger charge is -2.21. The number of carbonyl (C=O) groups excluding carboxylic acids is 2. The number of amides is 2. The van der Waals surface area contributed by atoms with Gasteiger partial charge in [-0.1, -0.05) is 19.3 Å².